The van der Waals surface area contributed by atoms with E-state index in [1.165, 1.54) is 12.1 Å². The number of halogens is 2. The fourth-order valence-corrected chi connectivity index (χ4v) is 2.31. The van der Waals surface area contributed by atoms with E-state index in [4.69, 9.17) is 0 Å². The average Bonchev–Trinajstić information content (AvgIpc) is 2.84. The molecule has 0 amide bonds. The van der Waals surface area contributed by atoms with E-state index in [0.717, 1.165) is 25.3 Å². The zero-order chi connectivity index (χ0) is 11.8. The van der Waals surface area contributed by atoms with E-state index in [1.54, 1.807) is 0 Å². The van der Waals surface area contributed by atoms with E-state index >= 15 is 0 Å². The second kappa shape index (κ2) is 4.13. The summed E-state index contributed by atoms with van der Waals surface area (Å²) in [7, 11) is 0. The molecule has 1 aliphatic rings. The summed E-state index contributed by atoms with van der Waals surface area (Å²) in [6, 6.07) is 3.83. The van der Waals surface area contributed by atoms with Crippen LogP contribution in [0.25, 0.3) is 0 Å². The highest BCUT2D eigenvalue weighted by molar-refractivity contribution is 5.22. The summed E-state index contributed by atoms with van der Waals surface area (Å²) in [5.74, 6) is -1.35. The van der Waals surface area contributed by atoms with E-state index in [9.17, 15) is 13.9 Å². The van der Waals surface area contributed by atoms with Crippen LogP contribution in [0, 0.1) is 17.6 Å². The molecule has 0 radical (unpaired) electrons. The van der Waals surface area contributed by atoms with E-state index in [2.05, 4.69) is 6.92 Å². The molecule has 1 N–H and O–H groups in total. The van der Waals surface area contributed by atoms with Crippen molar-refractivity contribution in [3.63, 3.8) is 0 Å². The van der Waals surface area contributed by atoms with Gasteiger partial charge in [-0.1, -0.05) is 19.4 Å². The lowest BCUT2D eigenvalue weighted by atomic mass is 10.0. The molecule has 2 atom stereocenters. The molecule has 1 aromatic rings. The number of rotatable bonds is 4. The van der Waals surface area contributed by atoms with Crippen LogP contribution < -0.4 is 0 Å². The number of hydrogen-bond acceptors (Lipinski definition) is 1. The van der Waals surface area contributed by atoms with Crippen molar-refractivity contribution < 1.29 is 13.9 Å². The van der Waals surface area contributed by atoms with Gasteiger partial charge in [-0.25, -0.2) is 8.78 Å². The van der Waals surface area contributed by atoms with Gasteiger partial charge in [0, 0.05) is 6.42 Å². The van der Waals surface area contributed by atoms with Crippen molar-refractivity contribution in [3.05, 3.63) is 35.4 Å². The highest BCUT2D eigenvalue weighted by Gasteiger charge is 2.51. The first-order valence-electron chi connectivity index (χ1n) is 5.71. The maximum Gasteiger partial charge on any atom is 0.159 e. The van der Waals surface area contributed by atoms with Gasteiger partial charge in [-0.05, 0) is 36.5 Å². The highest BCUT2D eigenvalue weighted by atomic mass is 19.2. The number of benzene rings is 1. The lowest BCUT2D eigenvalue weighted by molar-refractivity contribution is 0.129. The third-order valence-electron chi connectivity index (χ3n) is 3.33. The fourth-order valence-electron chi connectivity index (χ4n) is 2.31. The van der Waals surface area contributed by atoms with Crippen LogP contribution in [0.1, 0.15) is 31.7 Å². The first-order chi connectivity index (χ1) is 7.55. The smallest absolute Gasteiger partial charge is 0.159 e. The molecule has 1 nitrogen and oxygen atoms in total. The molecular weight excluding hydrogens is 210 g/mol. The first kappa shape index (κ1) is 11.5. The SMILES string of the molecule is CCCC1CC1(O)Cc1ccc(F)c(F)c1. The Labute approximate surface area is 94.1 Å². The Morgan fingerprint density at radius 1 is 1.38 bits per heavy atom. The summed E-state index contributed by atoms with van der Waals surface area (Å²) in [5, 5.41) is 10.1. The quantitative estimate of drug-likeness (QED) is 0.836. The lowest BCUT2D eigenvalue weighted by Crippen LogP contribution is -2.15. The molecule has 0 aromatic heterocycles. The van der Waals surface area contributed by atoms with Crippen LogP contribution in [0.15, 0.2) is 18.2 Å². The Morgan fingerprint density at radius 2 is 2.12 bits per heavy atom. The van der Waals surface area contributed by atoms with Crippen molar-refractivity contribution in [2.45, 2.75) is 38.2 Å². The van der Waals surface area contributed by atoms with Crippen LogP contribution in [0.5, 0.6) is 0 Å². The molecule has 16 heavy (non-hydrogen) atoms. The summed E-state index contributed by atoms with van der Waals surface area (Å²) in [6.07, 6.45) is 3.25. The van der Waals surface area contributed by atoms with Crippen LogP contribution in [-0.4, -0.2) is 10.7 Å². The van der Waals surface area contributed by atoms with Gasteiger partial charge >= 0.3 is 0 Å². The molecule has 1 saturated carbocycles. The van der Waals surface area contributed by atoms with Crippen molar-refractivity contribution in [1.29, 1.82) is 0 Å². The first-order valence-corrected chi connectivity index (χ1v) is 5.71. The summed E-state index contributed by atoms with van der Waals surface area (Å²) in [4.78, 5) is 0. The number of aliphatic hydroxyl groups is 1. The largest absolute Gasteiger partial charge is 0.389 e. The molecule has 0 heterocycles. The van der Waals surface area contributed by atoms with Crippen molar-refractivity contribution >= 4 is 0 Å². The van der Waals surface area contributed by atoms with Gasteiger partial charge in [-0.2, -0.15) is 0 Å². The number of hydrogen-bond donors (Lipinski definition) is 1. The van der Waals surface area contributed by atoms with Crippen LogP contribution in [0.4, 0.5) is 8.78 Å². The summed E-state index contributed by atoms with van der Waals surface area (Å²) in [5.41, 5.74) is -0.0136. The fraction of sp³-hybridized carbons (Fsp3) is 0.538. The van der Waals surface area contributed by atoms with E-state index in [0.29, 0.717) is 17.9 Å². The van der Waals surface area contributed by atoms with Crippen LogP contribution in [0.3, 0.4) is 0 Å². The second-order valence-electron chi connectivity index (χ2n) is 4.72. The lowest BCUT2D eigenvalue weighted by Gasteiger charge is -2.10. The van der Waals surface area contributed by atoms with Crippen LogP contribution in [-0.2, 0) is 6.42 Å². The standard InChI is InChI=1S/C13H16F2O/c1-2-3-10-8-13(10,16)7-9-4-5-11(14)12(15)6-9/h4-6,10,16H,2-3,7-8H2,1H3. The molecule has 0 bridgehead atoms. The zero-order valence-corrected chi connectivity index (χ0v) is 9.34. The summed E-state index contributed by atoms with van der Waals surface area (Å²) < 4.78 is 25.7. The van der Waals surface area contributed by atoms with E-state index < -0.39 is 17.2 Å². The van der Waals surface area contributed by atoms with E-state index in [-0.39, 0.29) is 0 Å². The predicted molar refractivity (Wildman–Crippen MR) is 58.0 cm³/mol. The van der Waals surface area contributed by atoms with Crippen molar-refractivity contribution in [2.24, 2.45) is 5.92 Å². The van der Waals surface area contributed by atoms with Gasteiger partial charge < -0.3 is 5.11 Å². The Kier molecular flexibility index (Phi) is 2.98. The van der Waals surface area contributed by atoms with Gasteiger partial charge in [0.2, 0.25) is 0 Å². The van der Waals surface area contributed by atoms with Crippen LogP contribution >= 0.6 is 0 Å². The normalized spacial score (nSPS) is 28.1. The summed E-state index contributed by atoms with van der Waals surface area (Å²) >= 11 is 0. The second-order valence-corrected chi connectivity index (χ2v) is 4.72. The van der Waals surface area contributed by atoms with Crippen molar-refractivity contribution in [3.8, 4) is 0 Å². The monoisotopic (exact) mass is 226 g/mol. The van der Waals surface area contributed by atoms with Crippen molar-refractivity contribution in [2.75, 3.05) is 0 Å². The molecule has 2 unspecified atom stereocenters. The van der Waals surface area contributed by atoms with Gasteiger partial charge in [0.1, 0.15) is 0 Å². The van der Waals surface area contributed by atoms with Crippen LogP contribution in [0.2, 0.25) is 0 Å². The molecule has 1 aromatic carbocycles. The topological polar surface area (TPSA) is 20.2 Å². The van der Waals surface area contributed by atoms with Gasteiger partial charge in [0.25, 0.3) is 0 Å². The van der Waals surface area contributed by atoms with Gasteiger partial charge in [-0.15, -0.1) is 0 Å². The molecule has 2 rings (SSSR count). The predicted octanol–water partition coefficient (Wildman–Crippen LogP) is 3.06. The van der Waals surface area contributed by atoms with Gasteiger partial charge in [-0.3, -0.25) is 0 Å². The van der Waals surface area contributed by atoms with Gasteiger partial charge in [0.05, 0.1) is 5.60 Å². The highest BCUT2D eigenvalue weighted by Crippen LogP contribution is 2.48. The summed E-state index contributed by atoms with van der Waals surface area (Å²) in [6.45, 7) is 2.08. The maximum atomic E-state index is 13.0. The third-order valence-corrected chi connectivity index (χ3v) is 3.33. The Bertz CT molecular complexity index is 392. The molecule has 1 aliphatic carbocycles. The Hall–Kier alpha value is -0.960. The molecule has 0 spiro atoms. The molecular formula is C13H16F2O. The molecule has 0 aliphatic heterocycles. The van der Waals surface area contributed by atoms with Crippen molar-refractivity contribution in [1.82, 2.24) is 0 Å². The minimum absolute atomic E-state index is 0.325. The van der Waals surface area contributed by atoms with Gasteiger partial charge in [0.15, 0.2) is 11.6 Å². The minimum Gasteiger partial charge on any atom is -0.389 e. The molecule has 88 valence electrons. The maximum absolute atomic E-state index is 13.0. The zero-order valence-electron chi connectivity index (χ0n) is 9.34. The molecule has 3 heteroatoms. The Morgan fingerprint density at radius 3 is 2.75 bits per heavy atom. The third kappa shape index (κ3) is 2.24. The average molecular weight is 226 g/mol. The van der Waals surface area contributed by atoms with E-state index in [1.807, 2.05) is 0 Å². The Balaban J connectivity index is 2.02. The molecule has 1 fully saturated rings. The molecule has 0 saturated heterocycles. The minimum atomic E-state index is -0.839.